The van der Waals surface area contributed by atoms with Gasteiger partial charge in [0.05, 0.1) is 27.4 Å². The first-order valence-electron chi connectivity index (χ1n) is 9.11. The fraction of sp³-hybridized carbons (Fsp3) is 0.409. The van der Waals surface area contributed by atoms with Gasteiger partial charge in [-0.25, -0.2) is 0 Å². The molecule has 1 aliphatic heterocycles. The van der Waals surface area contributed by atoms with Gasteiger partial charge in [0.1, 0.15) is 11.4 Å². The fourth-order valence-electron chi connectivity index (χ4n) is 3.52. The van der Waals surface area contributed by atoms with Gasteiger partial charge in [0.2, 0.25) is 5.75 Å². The van der Waals surface area contributed by atoms with Crippen LogP contribution in [0.4, 0.5) is 0 Å². The zero-order valence-electron chi connectivity index (χ0n) is 16.9. The van der Waals surface area contributed by atoms with Crippen LogP contribution in [0.15, 0.2) is 30.3 Å². The van der Waals surface area contributed by atoms with E-state index in [-0.39, 0.29) is 12.2 Å². The summed E-state index contributed by atoms with van der Waals surface area (Å²) in [4.78, 5) is 12.9. The number of carbonyl (C=O) groups is 1. The van der Waals surface area contributed by atoms with Crippen LogP contribution < -0.4 is 18.9 Å². The molecule has 1 heterocycles. The molecule has 28 heavy (non-hydrogen) atoms. The van der Waals surface area contributed by atoms with Crippen molar-refractivity contribution in [2.45, 2.75) is 38.4 Å². The third-order valence-electron chi connectivity index (χ3n) is 4.85. The molecule has 3 rings (SSSR count). The third kappa shape index (κ3) is 3.92. The number of rotatable bonds is 6. The van der Waals surface area contributed by atoms with Gasteiger partial charge in [-0.05, 0) is 49.7 Å². The number of fused-ring (bicyclic) bond motifs is 1. The van der Waals surface area contributed by atoms with Crippen LogP contribution in [0.3, 0.4) is 0 Å². The number of ether oxygens (including phenoxy) is 4. The lowest BCUT2D eigenvalue weighted by Gasteiger charge is -2.35. The molecule has 1 N–H and O–H groups in total. The Kier molecular flexibility index (Phi) is 5.52. The SMILES string of the molecule is COc1cc(CC(=O)c2ccc3c(c2)C(O)CC(C)(C)O3)cc(OC)c1OC. The molecule has 0 bridgehead atoms. The summed E-state index contributed by atoms with van der Waals surface area (Å²) in [6.07, 6.45) is -0.0182. The van der Waals surface area contributed by atoms with Crippen LogP contribution in [0, 0.1) is 0 Å². The van der Waals surface area contributed by atoms with Crippen molar-refractivity contribution in [3.8, 4) is 23.0 Å². The summed E-state index contributed by atoms with van der Waals surface area (Å²) in [5, 5.41) is 10.4. The van der Waals surface area contributed by atoms with Gasteiger partial charge in [-0.1, -0.05) is 0 Å². The van der Waals surface area contributed by atoms with E-state index >= 15 is 0 Å². The van der Waals surface area contributed by atoms with Crippen molar-refractivity contribution < 1.29 is 28.8 Å². The first-order chi connectivity index (χ1) is 13.3. The predicted molar refractivity (Wildman–Crippen MR) is 105 cm³/mol. The molecule has 0 saturated carbocycles. The highest BCUT2D eigenvalue weighted by atomic mass is 16.5. The minimum absolute atomic E-state index is 0.0749. The highest BCUT2D eigenvalue weighted by Crippen LogP contribution is 2.41. The van der Waals surface area contributed by atoms with Crippen molar-refractivity contribution in [3.05, 3.63) is 47.0 Å². The van der Waals surface area contributed by atoms with Crippen LogP contribution in [-0.4, -0.2) is 37.8 Å². The van der Waals surface area contributed by atoms with Crippen LogP contribution in [0.1, 0.15) is 47.9 Å². The van der Waals surface area contributed by atoms with E-state index in [1.165, 1.54) is 21.3 Å². The Labute approximate surface area is 165 Å². The Bertz CT molecular complexity index is 862. The van der Waals surface area contributed by atoms with E-state index in [2.05, 4.69) is 0 Å². The molecule has 0 saturated heterocycles. The maximum atomic E-state index is 12.9. The normalized spacial score (nSPS) is 17.3. The number of aliphatic hydroxyl groups is 1. The Hall–Kier alpha value is -2.73. The van der Waals surface area contributed by atoms with E-state index < -0.39 is 11.7 Å². The second-order valence-corrected chi connectivity index (χ2v) is 7.47. The van der Waals surface area contributed by atoms with Gasteiger partial charge in [0.15, 0.2) is 17.3 Å². The number of carbonyl (C=O) groups excluding carboxylic acids is 1. The molecule has 1 unspecified atom stereocenters. The largest absolute Gasteiger partial charge is 0.493 e. The van der Waals surface area contributed by atoms with Gasteiger partial charge in [0.25, 0.3) is 0 Å². The fourth-order valence-corrected chi connectivity index (χ4v) is 3.52. The zero-order chi connectivity index (χ0) is 20.5. The molecule has 0 spiro atoms. The van der Waals surface area contributed by atoms with E-state index in [0.29, 0.717) is 40.5 Å². The number of hydrogen-bond donors (Lipinski definition) is 1. The number of aliphatic hydroxyl groups excluding tert-OH is 1. The lowest BCUT2D eigenvalue weighted by atomic mass is 9.90. The number of methoxy groups -OCH3 is 3. The molecule has 6 nitrogen and oxygen atoms in total. The average Bonchev–Trinajstić information content (AvgIpc) is 2.65. The van der Waals surface area contributed by atoms with Gasteiger partial charge in [0, 0.05) is 24.0 Å². The standard InChI is InChI=1S/C22H26O6/c1-22(2)12-17(24)15-11-14(6-7-18(15)28-22)16(23)8-13-9-19(25-3)21(27-5)20(10-13)26-4/h6-7,9-11,17,24H,8,12H2,1-5H3. The van der Waals surface area contributed by atoms with Crippen molar-refractivity contribution in [3.63, 3.8) is 0 Å². The summed E-state index contributed by atoms with van der Waals surface area (Å²) in [6.45, 7) is 3.87. The maximum absolute atomic E-state index is 12.9. The molecule has 0 amide bonds. The molecule has 0 aromatic heterocycles. The molecule has 0 aliphatic carbocycles. The molecule has 0 radical (unpaired) electrons. The first-order valence-corrected chi connectivity index (χ1v) is 9.11. The van der Waals surface area contributed by atoms with E-state index in [1.807, 2.05) is 13.8 Å². The number of benzene rings is 2. The molecule has 1 aliphatic rings. The summed E-state index contributed by atoms with van der Waals surface area (Å²) in [7, 11) is 4.61. The average molecular weight is 386 g/mol. The lowest BCUT2D eigenvalue weighted by molar-refractivity contribution is 0.0115. The molecule has 0 fully saturated rings. The quantitative estimate of drug-likeness (QED) is 0.763. The highest BCUT2D eigenvalue weighted by Gasteiger charge is 2.33. The summed E-state index contributed by atoms with van der Waals surface area (Å²) in [6, 6.07) is 8.72. The van der Waals surface area contributed by atoms with Crippen LogP contribution in [0.2, 0.25) is 0 Å². The topological polar surface area (TPSA) is 74.2 Å². The van der Waals surface area contributed by atoms with E-state index in [0.717, 1.165) is 5.56 Å². The Balaban J connectivity index is 1.87. The molecular formula is C22H26O6. The van der Waals surface area contributed by atoms with Crippen LogP contribution in [-0.2, 0) is 6.42 Å². The third-order valence-corrected chi connectivity index (χ3v) is 4.85. The molecular weight excluding hydrogens is 360 g/mol. The molecule has 150 valence electrons. The minimum Gasteiger partial charge on any atom is -0.493 e. The first kappa shape index (κ1) is 20.0. The van der Waals surface area contributed by atoms with Crippen molar-refractivity contribution in [2.24, 2.45) is 0 Å². The Morgan fingerprint density at radius 1 is 1.11 bits per heavy atom. The van der Waals surface area contributed by atoms with Gasteiger partial charge in [-0.3, -0.25) is 4.79 Å². The minimum atomic E-state index is -0.660. The maximum Gasteiger partial charge on any atom is 0.203 e. The lowest BCUT2D eigenvalue weighted by Crippen LogP contribution is -2.34. The summed E-state index contributed by atoms with van der Waals surface area (Å²) < 4.78 is 21.9. The Morgan fingerprint density at radius 3 is 2.32 bits per heavy atom. The van der Waals surface area contributed by atoms with Crippen molar-refractivity contribution in [2.75, 3.05) is 21.3 Å². The van der Waals surface area contributed by atoms with Gasteiger partial charge in [-0.15, -0.1) is 0 Å². The number of Topliss-reactive ketones (excluding diaryl/α,β-unsaturated/α-hetero) is 1. The van der Waals surface area contributed by atoms with Crippen molar-refractivity contribution in [1.82, 2.24) is 0 Å². The zero-order valence-corrected chi connectivity index (χ0v) is 16.9. The number of ketones is 1. The highest BCUT2D eigenvalue weighted by molar-refractivity contribution is 5.98. The van der Waals surface area contributed by atoms with Crippen molar-refractivity contribution >= 4 is 5.78 Å². The molecule has 2 aromatic rings. The predicted octanol–water partition coefficient (Wildman–Crippen LogP) is 3.73. The van der Waals surface area contributed by atoms with E-state index in [4.69, 9.17) is 18.9 Å². The number of hydrogen-bond acceptors (Lipinski definition) is 6. The van der Waals surface area contributed by atoms with Gasteiger partial charge >= 0.3 is 0 Å². The van der Waals surface area contributed by atoms with E-state index in [1.54, 1.807) is 30.3 Å². The summed E-state index contributed by atoms with van der Waals surface area (Å²) in [5.74, 6) is 2.03. The van der Waals surface area contributed by atoms with Crippen molar-refractivity contribution in [1.29, 1.82) is 0 Å². The van der Waals surface area contributed by atoms with E-state index in [9.17, 15) is 9.90 Å². The van der Waals surface area contributed by atoms with Crippen LogP contribution >= 0.6 is 0 Å². The molecule has 6 heteroatoms. The van der Waals surface area contributed by atoms with Gasteiger partial charge in [-0.2, -0.15) is 0 Å². The summed E-state index contributed by atoms with van der Waals surface area (Å²) in [5.41, 5.74) is 1.48. The summed E-state index contributed by atoms with van der Waals surface area (Å²) >= 11 is 0. The van der Waals surface area contributed by atoms with Gasteiger partial charge < -0.3 is 24.1 Å². The molecule has 2 aromatic carbocycles. The van der Waals surface area contributed by atoms with Crippen LogP contribution in [0.5, 0.6) is 23.0 Å². The monoisotopic (exact) mass is 386 g/mol. The smallest absolute Gasteiger partial charge is 0.203 e. The molecule has 1 atom stereocenters. The second-order valence-electron chi connectivity index (χ2n) is 7.47. The Morgan fingerprint density at radius 2 is 1.75 bits per heavy atom. The second kappa shape index (κ2) is 7.72. The van der Waals surface area contributed by atoms with Crippen LogP contribution in [0.25, 0.3) is 0 Å².